The molecule has 0 saturated carbocycles. The van der Waals surface area contributed by atoms with Crippen LogP contribution in [0.4, 0.5) is 10.2 Å². The normalized spacial score (nSPS) is 30.6. The number of hydrogen-bond donors (Lipinski definition) is 3. The molecule has 2 aromatic heterocycles. The third-order valence-electron chi connectivity index (χ3n) is 3.20. The van der Waals surface area contributed by atoms with Gasteiger partial charge in [-0.25, -0.2) is 19.3 Å². The van der Waals surface area contributed by atoms with E-state index in [1.54, 1.807) is 0 Å². The fourth-order valence-electron chi connectivity index (χ4n) is 2.20. The summed E-state index contributed by atoms with van der Waals surface area (Å²) in [6.45, 7) is 0. The number of ether oxygens (including phenoxy) is 1. The van der Waals surface area contributed by atoms with Crippen molar-refractivity contribution in [3.8, 4) is 0 Å². The number of aliphatic hydroxyl groups is 2. The molecule has 4 N–H and O–H groups in total. The van der Waals surface area contributed by atoms with E-state index >= 15 is 0 Å². The van der Waals surface area contributed by atoms with Gasteiger partial charge in [0.25, 0.3) is 0 Å². The first-order chi connectivity index (χ1) is 9.63. The summed E-state index contributed by atoms with van der Waals surface area (Å²) in [5, 5.41) is 19.8. The quantitative estimate of drug-likeness (QED) is 0.679. The minimum absolute atomic E-state index is 0.196. The number of rotatable bonds is 2. The number of nitrogens with two attached hydrogens (primary N) is 1. The molecule has 1 saturated heterocycles. The molecule has 0 amide bonds. The predicted molar refractivity (Wildman–Crippen MR) is 65.9 cm³/mol. The molecule has 9 heteroatoms. The molecule has 3 rings (SSSR count). The Morgan fingerprint density at radius 2 is 2.10 bits per heavy atom. The number of nitrogen functional groups attached to an aromatic ring is 1. The zero-order valence-electron chi connectivity index (χ0n) is 10.2. The number of nitrogens with zero attached hydrogens (tertiary/aromatic N) is 4. The van der Waals surface area contributed by atoms with E-state index in [0.717, 1.165) is 6.08 Å². The van der Waals surface area contributed by atoms with Gasteiger partial charge in [-0.1, -0.05) is 0 Å². The van der Waals surface area contributed by atoms with Gasteiger partial charge < -0.3 is 20.7 Å². The first kappa shape index (κ1) is 12.9. The molecule has 0 spiro atoms. The Labute approximate surface area is 112 Å². The van der Waals surface area contributed by atoms with Crippen molar-refractivity contribution in [3.63, 3.8) is 0 Å². The van der Waals surface area contributed by atoms with Crippen molar-refractivity contribution in [3.05, 3.63) is 25.1 Å². The van der Waals surface area contributed by atoms with Crippen LogP contribution in [0.25, 0.3) is 11.2 Å². The lowest BCUT2D eigenvalue weighted by atomic mass is 10.1. The van der Waals surface area contributed by atoms with Gasteiger partial charge >= 0.3 is 0 Å². The maximum absolute atomic E-state index is 12.2. The Hall–Kier alpha value is -2.10. The van der Waals surface area contributed by atoms with Crippen molar-refractivity contribution in [2.24, 2.45) is 0 Å². The number of anilines is 1. The maximum Gasteiger partial charge on any atom is 0.167 e. The van der Waals surface area contributed by atoms with Crippen LogP contribution in [0.2, 0.25) is 0 Å². The number of fused-ring (bicyclic) bond motifs is 1. The summed E-state index contributed by atoms with van der Waals surface area (Å²) in [6, 6.07) is 0. The van der Waals surface area contributed by atoms with Crippen molar-refractivity contribution in [2.75, 3.05) is 5.73 Å². The number of halogens is 1. The summed E-state index contributed by atoms with van der Waals surface area (Å²) in [5.74, 6) is 0.196. The predicted octanol–water partition coefficient (Wildman–Crippen LogP) is -0.489. The second-order valence-corrected chi connectivity index (χ2v) is 4.37. The van der Waals surface area contributed by atoms with Crippen molar-refractivity contribution >= 4 is 17.0 Å². The molecule has 4 atom stereocenters. The number of hydrogen-bond acceptors (Lipinski definition) is 7. The standard InChI is InChI=1S/C11H12FN5O3/c12-2-1-5-7(18)8(19)11(20-5)17-4-16-6-9(13)14-3-15-10(6)17/h1-5,7-8,11,18-19H,(H2,13,14,15)/b2-1+/t5-,7+,8+,11-/m1/s1. The smallest absolute Gasteiger partial charge is 0.167 e. The van der Waals surface area contributed by atoms with Gasteiger partial charge in [0.05, 0.1) is 12.7 Å². The number of aromatic nitrogens is 4. The fraction of sp³-hybridized carbons (Fsp3) is 0.364. The van der Waals surface area contributed by atoms with E-state index in [4.69, 9.17) is 10.5 Å². The van der Waals surface area contributed by atoms with Crippen molar-refractivity contribution in [1.82, 2.24) is 19.5 Å². The van der Waals surface area contributed by atoms with Crippen LogP contribution in [0.1, 0.15) is 6.23 Å². The van der Waals surface area contributed by atoms with E-state index in [0.29, 0.717) is 11.2 Å². The molecule has 0 radical (unpaired) electrons. The summed E-state index contributed by atoms with van der Waals surface area (Å²) >= 11 is 0. The highest BCUT2D eigenvalue weighted by Gasteiger charge is 2.43. The van der Waals surface area contributed by atoms with Crippen LogP contribution < -0.4 is 5.73 Å². The van der Waals surface area contributed by atoms with Crippen LogP contribution in [-0.4, -0.2) is 48.0 Å². The van der Waals surface area contributed by atoms with E-state index in [9.17, 15) is 14.6 Å². The first-order valence-corrected chi connectivity index (χ1v) is 5.85. The number of aliphatic hydroxyl groups excluding tert-OH is 2. The summed E-state index contributed by atoms with van der Waals surface area (Å²) in [5.41, 5.74) is 6.39. The highest BCUT2D eigenvalue weighted by molar-refractivity contribution is 5.81. The molecule has 0 bridgehead atoms. The second kappa shape index (κ2) is 4.78. The molecule has 1 aliphatic heterocycles. The van der Waals surface area contributed by atoms with E-state index < -0.39 is 24.5 Å². The average Bonchev–Trinajstić information content (AvgIpc) is 2.97. The minimum atomic E-state index is -1.25. The number of imidazole rings is 1. The molecule has 0 aliphatic carbocycles. The largest absolute Gasteiger partial charge is 0.387 e. The Kier molecular flexibility index (Phi) is 3.08. The molecule has 0 aromatic carbocycles. The fourth-order valence-corrected chi connectivity index (χ4v) is 2.20. The van der Waals surface area contributed by atoms with Crippen molar-refractivity contribution in [1.29, 1.82) is 0 Å². The topological polar surface area (TPSA) is 119 Å². The molecule has 0 unspecified atom stereocenters. The minimum Gasteiger partial charge on any atom is -0.387 e. The van der Waals surface area contributed by atoms with Gasteiger partial charge in [-0.2, -0.15) is 0 Å². The van der Waals surface area contributed by atoms with Crippen LogP contribution >= 0.6 is 0 Å². The summed E-state index contributed by atoms with van der Waals surface area (Å²) in [6.07, 6.45) is -0.466. The monoisotopic (exact) mass is 281 g/mol. The van der Waals surface area contributed by atoms with Gasteiger partial charge in [0, 0.05) is 0 Å². The highest BCUT2D eigenvalue weighted by atomic mass is 19.1. The zero-order chi connectivity index (χ0) is 14.3. The average molecular weight is 281 g/mol. The van der Waals surface area contributed by atoms with Crippen LogP contribution in [0, 0.1) is 0 Å². The van der Waals surface area contributed by atoms with E-state index in [1.165, 1.54) is 17.2 Å². The molecule has 2 aromatic rings. The SMILES string of the molecule is Nc1ncnc2c1ncn2[C@@H]1O[C@H](/C=C/F)[C@H](O)[C@@H]1O. The molecular formula is C11H12FN5O3. The van der Waals surface area contributed by atoms with E-state index in [-0.39, 0.29) is 12.1 Å². The third-order valence-corrected chi connectivity index (χ3v) is 3.20. The highest BCUT2D eigenvalue weighted by Crippen LogP contribution is 2.32. The molecular weight excluding hydrogens is 269 g/mol. The first-order valence-electron chi connectivity index (χ1n) is 5.85. The lowest BCUT2D eigenvalue weighted by Gasteiger charge is -2.16. The molecule has 1 fully saturated rings. The second-order valence-electron chi connectivity index (χ2n) is 4.37. The molecule has 3 heterocycles. The van der Waals surface area contributed by atoms with E-state index in [1.807, 2.05) is 0 Å². The van der Waals surface area contributed by atoms with Crippen molar-refractivity contribution in [2.45, 2.75) is 24.5 Å². The van der Waals surface area contributed by atoms with Crippen LogP contribution in [0.3, 0.4) is 0 Å². The van der Waals surface area contributed by atoms with Gasteiger partial charge in [-0.05, 0) is 6.08 Å². The van der Waals surface area contributed by atoms with Gasteiger partial charge in [0.1, 0.15) is 30.2 Å². The Bertz CT molecular complexity index is 661. The molecule has 1 aliphatic rings. The lowest BCUT2D eigenvalue weighted by Crippen LogP contribution is -2.30. The van der Waals surface area contributed by atoms with Crippen LogP contribution in [0.15, 0.2) is 25.1 Å². The Morgan fingerprint density at radius 1 is 1.30 bits per heavy atom. The van der Waals surface area contributed by atoms with Gasteiger partial charge in [0.15, 0.2) is 17.7 Å². The molecule has 8 nitrogen and oxygen atoms in total. The summed E-state index contributed by atoms with van der Waals surface area (Å²) in [7, 11) is 0. The van der Waals surface area contributed by atoms with Crippen LogP contribution in [-0.2, 0) is 4.74 Å². The summed E-state index contributed by atoms with van der Waals surface area (Å²) < 4.78 is 19.0. The lowest BCUT2D eigenvalue weighted by molar-refractivity contribution is -0.0246. The Balaban J connectivity index is 2.02. The molecule has 20 heavy (non-hydrogen) atoms. The van der Waals surface area contributed by atoms with Crippen molar-refractivity contribution < 1.29 is 19.3 Å². The molecule has 106 valence electrons. The maximum atomic E-state index is 12.2. The Morgan fingerprint density at radius 3 is 2.85 bits per heavy atom. The van der Waals surface area contributed by atoms with Gasteiger partial charge in [-0.15, -0.1) is 0 Å². The van der Waals surface area contributed by atoms with Gasteiger partial charge in [0.2, 0.25) is 0 Å². The van der Waals surface area contributed by atoms with E-state index in [2.05, 4.69) is 15.0 Å². The van der Waals surface area contributed by atoms with Crippen LogP contribution in [0.5, 0.6) is 0 Å². The van der Waals surface area contributed by atoms with Gasteiger partial charge in [-0.3, -0.25) is 4.57 Å². The third kappa shape index (κ3) is 1.83. The zero-order valence-corrected chi connectivity index (χ0v) is 10.2. The summed E-state index contributed by atoms with van der Waals surface area (Å²) in [4.78, 5) is 11.9.